The third-order valence-corrected chi connectivity index (χ3v) is 3.22. The first-order chi connectivity index (χ1) is 8.74. The molecule has 1 fully saturated rings. The lowest BCUT2D eigenvalue weighted by atomic mass is 10.1. The summed E-state index contributed by atoms with van der Waals surface area (Å²) in [5, 5.41) is 12.1. The molecule has 1 saturated heterocycles. The van der Waals surface area contributed by atoms with Crippen LogP contribution in [-0.2, 0) is 17.8 Å². The van der Waals surface area contributed by atoms with Crippen molar-refractivity contribution in [2.45, 2.75) is 19.4 Å². The number of nitrogens with zero attached hydrogens (tertiary/aromatic N) is 1. The number of carboxylic acid groups (broad SMARTS) is 1. The second-order valence-corrected chi connectivity index (χ2v) is 4.77. The summed E-state index contributed by atoms with van der Waals surface area (Å²) < 4.78 is 0. The SMILES string of the molecule is O=C(O)Cc1ccc(CN2CCCNCC2)cc1. The van der Waals surface area contributed by atoms with E-state index in [0.29, 0.717) is 0 Å². The standard InChI is InChI=1S/C14H20N2O2/c17-14(18)10-12-2-4-13(5-3-12)11-16-8-1-6-15-7-9-16/h2-5,15H,1,6-11H2,(H,17,18). The zero-order chi connectivity index (χ0) is 12.8. The van der Waals surface area contributed by atoms with E-state index in [0.717, 1.165) is 38.3 Å². The zero-order valence-corrected chi connectivity index (χ0v) is 10.6. The number of carbonyl (C=O) groups is 1. The van der Waals surface area contributed by atoms with Crippen molar-refractivity contribution in [1.29, 1.82) is 0 Å². The van der Waals surface area contributed by atoms with Crippen LogP contribution in [0.1, 0.15) is 17.5 Å². The van der Waals surface area contributed by atoms with Gasteiger partial charge in [-0.15, -0.1) is 0 Å². The fraction of sp³-hybridized carbons (Fsp3) is 0.500. The molecule has 0 atom stereocenters. The molecule has 0 aromatic heterocycles. The summed E-state index contributed by atoms with van der Waals surface area (Å²) in [6.45, 7) is 5.32. The molecule has 4 heteroatoms. The maximum atomic E-state index is 10.6. The Labute approximate surface area is 108 Å². The van der Waals surface area contributed by atoms with Crippen LogP contribution in [0.3, 0.4) is 0 Å². The third kappa shape index (κ3) is 4.13. The highest BCUT2D eigenvalue weighted by molar-refractivity contribution is 5.70. The second-order valence-electron chi connectivity index (χ2n) is 4.77. The molecule has 98 valence electrons. The highest BCUT2D eigenvalue weighted by atomic mass is 16.4. The van der Waals surface area contributed by atoms with Crippen LogP contribution < -0.4 is 5.32 Å². The molecule has 0 aliphatic carbocycles. The van der Waals surface area contributed by atoms with Gasteiger partial charge in [-0.3, -0.25) is 9.69 Å². The van der Waals surface area contributed by atoms with E-state index in [1.54, 1.807) is 0 Å². The lowest BCUT2D eigenvalue weighted by Gasteiger charge is -2.19. The van der Waals surface area contributed by atoms with Crippen LogP contribution in [0.25, 0.3) is 0 Å². The van der Waals surface area contributed by atoms with E-state index in [1.165, 1.54) is 12.0 Å². The molecule has 0 spiro atoms. The van der Waals surface area contributed by atoms with Gasteiger partial charge >= 0.3 is 5.97 Å². The van der Waals surface area contributed by atoms with Crippen LogP contribution >= 0.6 is 0 Å². The largest absolute Gasteiger partial charge is 0.481 e. The Bertz CT molecular complexity index is 381. The Morgan fingerprint density at radius 1 is 1.17 bits per heavy atom. The predicted molar refractivity (Wildman–Crippen MR) is 70.5 cm³/mol. The van der Waals surface area contributed by atoms with E-state index in [4.69, 9.17) is 5.11 Å². The predicted octanol–water partition coefficient (Wildman–Crippen LogP) is 1.11. The Kier molecular flexibility index (Phi) is 4.73. The average molecular weight is 248 g/mol. The van der Waals surface area contributed by atoms with Crippen LogP contribution in [0.5, 0.6) is 0 Å². The molecular weight excluding hydrogens is 228 g/mol. The lowest BCUT2D eigenvalue weighted by molar-refractivity contribution is -0.136. The molecule has 18 heavy (non-hydrogen) atoms. The van der Waals surface area contributed by atoms with Crippen molar-refractivity contribution in [3.63, 3.8) is 0 Å². The summed E-state index contributed by atoms with van der Waals surface area (Å²) in [7, 11) is 0. The van der Waals surface area contributed by atoms with Crippen molar-refractivity contribution in [1.82, 2.24) is 10.2 Å². The molecule has 0 saturated carbocycles. The molecule has 2 N–H and O–H groups in total. The van der Waals surface area contributed by atoms with Crippen LogP contribution in [-0.4, -0.2) is 42.2 Å². The summed E-state index contributed by atoms with van der Waals surface area (Å²) in [6, 6.07) is 7.91. The normalized spacial score (nSPS) is 17.3. The van der Waals surface area contributed by atoms with E-state index < -0.39 is 5.97 Å². The van der Waals surface area contributed by atoms with Gasteiger partial charge < -0.3 is 10.4 Å². The van der Waals surface area contributed by atoms with Gasteiger partial charge in [0.2, 0.25) is 0 Å². The maximum Gasteiger partial charge on any atom is 0.307 e. The van der Waals surface area contributed by atoms with Crippen molar-refractivity contribution < 1.29 is 9.90 Å². The second kappa shape index (κ2) is 6.52. The minimum Gasteiger partial charge on any atom is -0.481 e. The van der Waals surface area contributed by atoms with Gasteiger partial charge in [0, 0.05) is 19.6 Å². The van der Waals surface area contributed by atoms with Crippen LogP contribution in [0.2, 0.25) is 0 Å². The molecule has 0 amide bonds. The van der Waals surface area contributed by atoms with Crippen molar-refractivity contribution in [2.75, 3.05) is 26.2 Å². The first kappa shape index (κ1) is 13.1. The quantitative estimate of drug-likeness (QED) is 0.838. The fourth-order valence-corrected chi connectivity index (χ4v) is 2.26. The maximum absolute atomic E-state index is 10.6. The first-order valence-electron chi connectivity index (χ1n) is 6.47. The molecule has 1 aromatic carbocycles. The van der Waals surface area contributed by atoms with Crippen molar-refractivity contribution in [3.05, 3.63) is 35.4 Å². The number of hydrogen-bond donors (Lipinski definition) is 2. The molecule has 0 radical (unpaired) electrons. The molecule has 1 aliphatic heterocycles. The van der Waals surface area contributed by atoms with Gasteiger partial charge in [0.15, 0.2) is 0 Å². The van der Waals surface area contributed by atoms with Crippen LogP contribution in [0, 0.1) is 0 Å². The number of rotatable bonds is 4. The van der Waals surface area contributed by atoms with E-state index in [2.05, 4.69) is 10.2 Å². The Balaban J connectivity index is 1.90. The zero-order valence-electron chi connectivity index (χ0n) is 10.6. The Hall–Kier alpha value is -1.39. The van der Waals surface area contributed by atoms with Gasteiger partial charge in [-0.2, -0.15) is 0 Å². The summed E-state index contributed by atoms with van der Waals surface area (Å²) in [6.07, 6.45) is 1.30. The molecule has 0 bridgehead atoms. The molecule has 2 rings (SSSR count). The van der Waals surface area contributed by atoms with Gasteiger partial charge in [-0.05, 0) is 30.6 Å². The summed E-state index contributed by atoms with van der Waals surface area (Å²) >= 11 is 0. The lowest BCUT2D eigenvalue weighted by Crippen LogP contribution is -2.27. The molecule has 4 nitrogen and oxygen atoms in total. The highest BCUT2D eigenvalue weighted by Crippen LogP contribution is 2.09. The van der Waals surface area contributed by atoms with Gasteiger partial charge in [0.05, 0.1) is 6.42 Å². The number of benzene rings is 1. The average Bonchev–Trinajstić information content (AvgIpc) is 2.60. The number of nitrogens with one attached hydrogen (secondary N) is 1. The molecule has 1 aliphatic rings. The topological polar surface area (TPSA) is 52.6 Å². The van der Waals surface area contributed by atoms with Gasteiger partial charge in [0.1, 0.15) is 0 Å². The van der Waals surface area contributed by atoms with Gasteiger partial charge in [-0.25, -0.2) is 0 Å². The minimum atomic E-state index is -0.777. The molecule has 1 heterocycles. The molecule has 0 unspecified atom stereocenters. The van der Waals surface area contributed by atoms with E-state index in [1.807, 2.05) is 24.3 Å². The smallest absolute Gasteiger partial charge is 0.307 e. The van der Waals surface area contributed by atoms with Crippen LogP contribution in [0.15, 0.2) is 24.3 Å². The van der Waals surface area contributed by atoms with Crippen molar-refractivity contribution in [3.8, 4) is 0 Å². The Morgan fingerprint density at radius 3 is 2.61 bits per heavy atom. The third-order valence-electron chi connectivity index (χ3n) is 3.22. The van der Waals surface area contributed by atoms with Gasteiger partial charge in [0.25, 0.3) is 0 Å². The monoisotopic (exact) mass is 248 g/mol. The van der Waals surface area contributed by atoms with E-state index in [9.17, 15) is 4.79 Å². The summed E-state index contributed by atoms with van der Waals surface area (Å²) in [5.41, 5.74) is 2.12. The Morgan fingerprint density at radius 2 is 1.89 bits per heavy atom. The molecular formula is C14H20N2O2. The highest BCUT2D eigenvalue weighted by Gasteiger charge is 2.09. The van der Waals surface area contributed by atoms with Gasteiger partial charge in [-0.1, -0.05) is 24.3 Å². The van der Waals surface area contributed by atoms with E-state index in [-0.39, 0.29) is 6.42 Å². The van der Waals surface area contributed by atoms with E-state index >= 15 is 0 Å². The first-order valence-corrected chi connectivity index (χ1v) is 6.47. The van der Waals surface area contributed by atoms with Crippen molar-refractivity contribution >= 4 is 5.97 Å². The summed E-state index contributed by atoms with van der Waals surface area (Å²) in [4.78, 5) is 13.0. The molecule has 1 aromatic rings. The summed E-state index contributed by atoms with van der Waals surface area (Å²) in [5.74, 6) is -0.777. The van der Waals surface area contributed by atoms with Crippen LogP contribution in [0.4, 0.5) is 0 Å². The minimum absolute atomic E-state index is 0.105. The number of hydrogen-bond acceptors (Lipinski definition) is 3. The van der Waals surface area contributed by atoms with Crippen molar-refractivity contribution in [2.24, 2.45) is 0 Å². The number of aliphatic carboxylic acids is 1. The number of carboxylic acids is 1. The fourth-order valence-electron chi connectivity index (χ4n) is 2.26.